The van der Waals surface area contributed by atoms with Gasteiger partial charge in [0.1, 0.15) is 17.1 Å². The molecule has 0 amide bonds. The lowest BCUT2D eigenvalue weighted by Crippen LogP contribution is -2.38. The molecular weight excluding hydrogens is 729 g/mol. The van der Waals surface area contributed by atoms with E-state index in [0.29, 0.717) is 0 Å². The molecule has 2 heterocycles. The molecule has 10 aromatic rings. The fourth-order valence-electron chi connectivity index (χ4n) is 10.6. The van der Waals surface area contributed by atoms with Gasteiger partial charge in [-0.25, -0.2) is 0 Å². The second kappa shape index (κ2) is 12.6. The maximum Gasteiger partial charge on any atom is 0.177 e. The van der Waals surface area contributed by atoms with Crippen LogP contribution in [0.5, 0.6) is 0 Å². The Morgan fingerprint density at radius 3 is 1.82 bits per heavy atom. The minimum Gasteiger partial charge on any atom is -0.452 e. The highest BCUT2D eigenvalue weighted by molar-refractivity contribution is 6.09. The highest BCUT2D eigenvalue weighted by Gasteiger charge is 2.53. The topological polar surface area (TPSA) is 37.5 Å². The molecule has 13 rings (SSSR count). The van der Waals surface area contributed by atoms with Gasteiger partial charge in [-0.05, 0) is 107 Å². The van der Waals surface area contributed by atoms with E-state index >= 15 is 0 Å². The summed E-state index contributed by atoms with van der Waals surface area (Å²) in [5, 5.41) is 8.21. The average molecular weight is 765 g/mol. The fraction of sp³-hybridized carbons (Fsp3) is 0.0351. The predicted octanol–water partition coefficient (Wildman–Crippen LogP) is 12.3. The lowest BCUT2D eigenvalue weighted by molar-refractivity contribution is 0.535. The zero-order chi connectivity index (χ0) is 39.4. The molecule has 1 spiro atoms. The van der Waals surface area contributed by atoms with E-state index in [1.807, 2.05) is 18.2 Å². The first-order valence-electron chi connectivity index (χ1n) is 20.7. The molecule has 0 bridgehead atoms. The third-order valence-electron chi connectivity index (χ3n) is 13.1. The van der Waals surface area contributed by atoms with Gasteiger partial charge in [0.25, 0.3) is 0 Å². The molecule has 0 saturated carbocycles. The molecule has 1 N–H and O–H groups in total. The van der Waals surface area contributed by atoms with Crippen LogP contribution in [0.25, 0.3) is 71.9 Å². The second-order valence-electron chi connectivity index (χ2n) is 16.2. The van der Waals surface area contributed by atoms with E-state index in [1.165, 1.54) is 72.0 Å². The molecule has 1 atom stereocenters. The van der Waals surface area contributed by atoms with E-state index < -0.39 is 5.41 Å². The summed E-state index contributed by atoms with van der Waals surface area (Å²) < 4.78 is 6.42. The first-order valence-corrected chi connectivity index (χ1v) is 20.7. The molecule has 1 unspecified atom stereocenters. The average Bonchev–Trinajstić information content (AvgIpc) is 3.96. The molecule has 3 heteroatoms. The van der Waals surface area contributed by atoms with Gasteiger partial charge >= 0.3 is 0 Å². The molecule has 1 aliphatic heterocycles. The molecule has 0 fully saturated rings. The third-order valence-corrected chi connectivity index (χ3v) is 13.1. The van der Waals surface area contributed by atoms with Crippen LogP contribution in [0.4, 0.5) is 0 Å². The van der Waals surface area contributed by atoms with Gasteiger partial charge in [0.2, 0.25) is 0 Å². The van der Waals surface area contributed by atoms with Crippen molar-refractivity contribution in [2.24, 2.45) is 4.99 Å². The molecule has 3 nitrogen and oxygen atoms in total. The third kappa shape index (κ3) is 4.57. The predicted molar refractivity (Wildman–Crippen MR) is 243 cm³/mol. The lowest BCUT2D eigenvalue weighted by atomic mass is 9.69. The van der Waals surface area contributed by atoms with Crippen molar-refractivity contribution in [2.75, 3.05) is 0 Å². The molecular formula is C57H36N2O. The number of benzene rings is 9. The van der Waals surface area contributed by atoms with Gasteiger partial charge in [-0.15, -0.1) is 0 Å². The molecule has 9 aromatic carbocycles. The first-order chi connectivity index (χ1) is 29.8. The largest absolute Gasteiger partial charge is 0.452 e. The SMILES string of the molecule is c1ccc(C2=c3oc4ccccc4c3=NC(c3ccc(-c4ccc5c(c4)C4(c6ccccc6-c6ccccc64)c4c-5c(-c5ccccc5)cc5ccccc45)cc3)N2)cc1. The summed E-state index contributed by atoms with van der Waals surface area (Å²) in [5.41, 5.74) is 19.7. The van der Waals surface area contributed by atoms with E-state index in [-0.39, 0.29) is 6.17 Å². The van der Waals surface area contributed by atoms with Crippen LogP contribution in [-0.2, 0) is 5.41 Å². The van der Waals surface area contributed by atoms with E-state index in [4.69, 9.17) is 9.41 Å². The van der Waals surface area contributed by atoms with Gasteiger partial charge in [-0.2, -0.15) is 0 Å². The molecule has 60 heavy (non-hydrogen) atoms. The first kappa shape index (κ1) is 33.2. The molecule has 280 valence electrons. The Labute approximate surface area is 347 Å². The minimum atomic E-state index is -0.502. The fourth-order valence-corrected chi connectivity index (χ4v) is 10.6. The Hall–Kier alpha value is -7.75. The summed E-state index contributed by atoms with van der Waals surface area (Å²) in [6.07, 6.45) is -0.281. The Balaban J connectivity index is 1.00. The highest BCUT2D eigenvalue weighted by Crippen LogP contribution is 2.65. The van der Waals surface area contributed by atoms with Crippen LogP contribution in [0, 0.1) is 0 Å². The van der Waals surface area contributed by atoms with E-state index in [9.17, 15) is 0 Å². The Morgan fingerprint density at radius 1 is 0.450 bits per heavy atom. The summed E-state index contributed by atoms with van der Waals surface area (Å²) in [4.78, 5) is 5.28. The van der Waals surface area contributed by atoms with Crippen molar-refractivity contribution < 1.29 is 4.42 Å². The monoisotopic (exact) mass is 764 g/mol. The molecule has 1 aromatic heterocycles. The van der Waals surface area contributed by atoms with Gasteiger partial charge < -0.3 is 9.73 Å². The molecule has 3 aliphatic rings. The van der Waals surface area contributed by atoms with Crippen molar-refractivity contribution in [3.05, 3.63) is 250 Å². The Morgan fingerprint density at radius 2 is 1.07 bits per heavy atom. The highest BCUT2D eigenvalue weighted by atomic mass is 16.3. The number of para-hydroxylation sites is 1. The Bertz CT molecular complexity index is 3460. The van der Waals surface area contributed by atoms with Gasteiger partial charge in [0.15, 0.2) is 5.42 Å². The zero-order valence-corrected chi connectivity index (χ0v) is 32.6. The van der Waals surface area contributed by atoms with Crippen molar-refractivity contribution in [2.45, 2.75) is 11.6 Å². The molecule has 0 saturated heterocycles. The van der Waals surface area contributed by atoms with Crippen molar-refractivity contribution in [3.8, 4) is 44.5 Å². The van der Waals surface area contributed by atoms with E-state index in [1.54, 1.807) is 0 Å². The number of rotatable bonds is 4. The lowest BCUT2D eigenvalue weighted by Gasteiger charge is -2.32. The smallest absolute Gasteiger partial charge is 0.177 e. The van der Waals surface area contributed by atoms with Crippen LogP contribution in [0.15, 0.2) is 216 Å². The number of furan rings is 1. The maximum atomic E-state index is 6.42. The van der Waals surface area contributed by atoms with Gasteiger partial charge in [-0.1, -0.05) is 182 Å². The minimum absolute atomic E-state index is 0.281. The van der Waals surface area contributed by atoms with Crippen LogP contribution >= 0.6 is 0 Å². The van der Waals surface area contributed by atoms with Gasteiger partial charge in [-0.3, -0.25) is 4.99 Å². The van der Waals surface area contributed by atoms with Crippen molar-refractivity contribution in [3.63, 3.8) is 0 Å². The van der Waals surface area contributed by atoms with Crippen LogP contribution < -0.4 is 16.1 Å². The normalized spacial score (nSPS) is 15.2. The number of nitrogens with one attached hydrogen (secondary N) is 1. The van der Waals surface area contributed by atoms with Crippen molar-refractivity contribution in [1.82, 2.24) is 5.32 Å². The Kier molecular flexibility index (Phi) is 6.99. The number of nitrogens with zero attached hydrogens (tertiary/aromatic N) is 1. The zero-order valence-electron chi connectivity index (χ0n) is 32.6. The summed E-state index contributed by atoms with van der Waals surface area (Å²) >= 11 is 0. The van der Waals surface area contributed by atoms with E-state index in [0.717, 1.165) is 44.1 Å². The summed E-state index contributed by atoms with van der Waals surface area (Å²) in [6.45, 7) is 0. The van der Waals surface area contributed by atoms with E-state index in [2.05, 4.69) is 193 Å². The van der Waals surface area contributed by atoms with Crippen LogP contribution in [0.3, 0.4) is 0 Å². The van der Waals surface area contributed by atoms with Crippen molar-refractivity contribution >= 4 is 27.4 Å². The van der Waals surface area contributed by atoms with Crippen LogP contribution in [0.1, 0.15) is 39.5 Å². The number of fused-ring (bicyclic) bond motifs is 15. The quantitative estimate of drug-likeness (QED) is 0.194. The second-order valence-corrected chi connectivity index (χ2v) is 16.2. The number of hydrogen-bond acceptors (Lipinski definition) is 3. The summed E-state index contributed by atoms with van der Waals surface area (Å²) in [6, 6.07) is 75.3. The summed E-state index contributed by atoms with van der Waals surface area (Å²) in [5.74, 6) is 0. The van der Waals surface area contributed by atoms with Gasteiger partial charge in [0, 0.05) is 10.9 Å². The van der Waals surface area contributed by atoms with Crippen LogP contribution in [-0.4, -0.2) is 0 Å². The molecule has 2 aliphatic carbocycles. The maximum absolute atomic E-state index is 6.42. The standard InChI is InChI=1S/C57H36N2O/c1-3-15-36(16-4-1)46-33-40-19-7-8-20-41(40)52-51(46)44-32-31-39(34-49(44)57(52)47-24-12-9-21-42(47)43-22-10-13-25-48(43)57)35-27-29-38(30-28-35)56-58-53(37-17-5-2-6-18-37)55-54(59-56)45-23-11-14-26-50(45)60-55/h1-34,56,58H. The van der Waals surface area contributed by atoms with Gasteiger partial charge in [0.05, 0.1) is 11.1 Å². The van der Waals surface area contributed by atoms with Crippen LogP contribution in [0.2, 0.25) is 0 Å². The van der Waals surface area contributed by atoms with Crippen molar-refractivity contribution in [1.29, 1.82) is 0 Å². The summed E-state index contributed by atoms with van der Waals surface area (Å²) in [7, 11) is 0. The number of hydrogen-bond donors (Lipinski definition) is 1. The molecule has 0 radical (unpaired) electrons.